The summed E-state index contributed by atoms with van der Waals surface area (Å²) in [7, 11) is 0. The fourth-order valence-electron chi connectivity index (χ4n) is 7.53. The minimum atomic E-state index is -0.264. The molecule has 28 heavy (non-hydrogen) atoms. The zero-order chi connectivity index (χ0) is 19.5. The van der Waals surface area contributed by atoms with Gasteiger partial charge >= 0.3 is 5.97 Å². The Hall–Kier alpha value is -1.03. The normalized spacial score (nSPS) is 47.0. The molecule has 0 bridgehead atoms. The molecule has 0 aromatic heterocycles. The Morgan fingerprint density at radius 2 is 2.00 bits per heavy atom. The van der Waals surface area contributed by atoms with Crippen molar-refractivity contribution in [1.29, 1.82) is 0 Å². The molecular formula is C24H32O3S. The van der Waals surface area contributed by atoms with Gasteiger partial charge in [-0.1, -0.05) is 49.4 Å². The van der Waals surface area contributed by atoms with E-state index in [0.29, 0.717) is 18.9 Å². The van der Waals surface area contributed by atoms with E-state index in [4.69, 9.17) is 4.74 Å². The summed E-state index contributed by atoms with van der Waals surface area (Å²) in [5.41, 5.74) is 2.03. The van der Waals surface area contributed by atoms with Gasteiger partial charge in [-0.25, -0.2) is 0 Å². The monoisotopic (exact) mass is 400 g/mol. The number of allylic oxidation sites excluding steroid dienone is 4. The summed E-state index contributed by atoms with van der Waals surface area (Å²) in [5.74, 6) is 2.05. The third-order valence-corrected chi connectivity index (χ3v) is 10.3. The molecule has 0 aromatic rings. The van der Waals surface area contributed by atoms with Gasteiger partial charge in [0, 0.05) is 17.8 Å². The van der Waals surface area contributed by atoms with Crippen LogP contribution in [0.3, 0.4) is 0 Å². The lowest BCUT2D eigenvalue weighted by molar-refractivity contribution is -0.137. The summed E-state index contributed by atoms with van der Waals surface area (Å²) < 4.78 is 5.07. The molecular weight excluding hydrogens is 368 g/mol. The summed E-state index contributed by atoms with van der Waals surface area (Å²) >= 11 is 1.28. The first-order valence-electron chi connectivity index (χ1n) is 11.2. The Kier molecular flexibility index (Phi) is 4.57. The molecule has 0 radical (unpaired) electrons. The molecule has 152 valence electrons. The summed E-state index contributed by atoms with van der Waals surface area (Å²) in [4.78, 5) is 25.0. The Balaban J connectivity index is 1.36. The van der Waals surface area contributed by atoms with Crippen molar-refractivity contribution >= 4 is 22.8 Å². The predicted molar refractivity (Wildman–Crippen MR) is 112 cm³/mol. The highest BCUT2D eigenvalue weighted by molar-refractivity contribution is 8.14. The third kappa shape index (κ3) is 2.69. The van der Waals surface area contributed by atoms with Crippen molar-refractivity contribution in [1.82, 2.24) is 0 Å². The number of hydrogen-bond acceptors (Lipinski definition) is 4. The highest BCUT2D eigenvalue weighted by atomic mass is 32.2. The highest BCUT2D eigenvalue weighted by Gasteiger charge is 2.59. The third-order valence-electron chi connectivity index (χ3n) is 9.04. The molecule has 1 heterocycles. The van der Waals surface area contributed by atoms with Crippen LogP contribution in [0.2, 0.25) is 0 Å². The van der Waals surface area contributed by atoms with Crippen molar-refractivity contribution in [2.45, 2.75) is 70.5 Å². The lowest BCUT2D eigenvalue weighted by atomic mass is 9.48. The van der Waals surface area contributed by atoms with Crippen LogP contribution >= 0.6 is 11.8 Å². The van der Waals surface area contributed by atoms with Crippen LogP contribution in [0.25, 0.3) is 0 Å². The van der Waals surface area contributed by atoms with Gasteiger partial charge in [-0.2, -0.15) is 0 Å². The number of ether oxygens (including phenoxy) is 1. The second-order valence-electron chi connectivity index (χ2n) is 10.1. The molecule has 1 unspecified atom stereocenters. The molecule has 5 aliphatic rings. The molecule has 5 rings (SSSR count). The molecule has 3 nitrogen and oxygen atoms in total. The van der Waals surface area contributed by atoms with Gasteiger partial charge in [-0.3, -0.25) is 9.59 Å². The summed E-state index contributed by atoms with van der Waals surface area (Å²) in [5, 5.41) is -0.00683. The molecule has 0 aromatic carbocycles. The van der Waals surface area contributed by atoms with Gasteiger partial charge in [0.1, 0.15) is 5.25 Å². The zero-order valence-corrected chi connectivity index (χ0v) is 17.9. The largest absolute Gasteiger partial charge is 0.465 e. The maximum Gasteiger partial charge on any atom is 0.319 e. The molecule has 1 saturated heterocycles. The number of cyclic esters (lactones) is 1. The second kappa shape index (κ2) is 6.75. The number of carbonyl (C=O) groups is 2. The van der Waals surface area contributed by atoms with Crippen LogP contribution in [-0.4, -0.2) is 22.9 Å². The lowest BCUT2D eigenvalue weighted by Gasteiger charge is -2.57. The van der Waals surface area contributed by atoms with Crippen LogP contribution in [0.4, 0.5) is 0 Å². The molecule has 0 spiro atoms. The smallest absolute Gasteiger partial charge is 0.319 e. The van der Waals surface area contributed by atoms with E-state index in [0.717, 1.165) is 31.1 Å². The topological polar surface area (TPSA) is 43.4 Å². The van der Waals surface area contributed by atoms with E-state index in [1.54, 1.807) is 5.57 Å². The van der Waals surface area contributed by atoms with Crippen molar-refractivity contribution in [2.24, 2.45) is 34.5 Å². The maximum atomic E-state index is 13.2. The Morgan fingerprint density at radius 3 is 2.79 bits per heavy atom. The molecule has 7 atom stereocenters. The van der Waals surface area contributed by atoms with Gasteiger partial charge in [0.2, 0.25) is 0 Å². The van der Waals surface area contributed by atoms with Crippen LogP contribution in [0.5, 0.6) is 0 Å². The van der Waals surface area contributed by atoms with E-state index in [1.165, 1.54) is 37.4 Å². The highest BCUT2D eigenvalue weighted by Crippen LogP contribution is 2.66. The van der Waals surface area contributed by atoms with Crippen molar-refractivity contribution in [3.63, 3.8) is 0 Å². The SMILES string of the molecule is C[C@]12CC[C@H]3[C@@H](CCC4=CCC=C[C@@]43C)[C@@H]1CC[C@@H]2C(=O)SC1CCOC1=O. The first kappa shape index (κ1) is 19.0. The Labute approximate surface area is 172 Å². The van der Waals surface area contributed by atoms with Crippen molar-refractivity contribution < 1.29 is 14.3 Å². The summed E-state index contributed by atoms with van der Waals surface area (Å²) in [6, 6.07) is 0. The quantitative estimate of drug-likeness (QED) is 0.466. The van der Waals surface area contributed by atoms with Gasteiger partial charge in [0.05, 0.1) is 6.61 Å². The average molecular weight is 401 g/mol. The maximum absolute atomic E-state index is 13.2. The van der Waals surface area contributed by atoms with E-state index in [9.17, 15) is 9.59 Å². The van der Waals surface area contributed by atoms with Crippen LogP contribution in [0.15, 0.2) is 23.8 Å². The van der Waals surface area contributed by atoms with Crippen LogP contribution < -0.4 is 0 Å². The molecule has 4 fully saturated rings. The van der Waals surface area contributed by atoms with E-state index in [1.807, 2.05) is 0 Å². The molecule has 0 N–H and O–H groups in total. The van der Waals surface area contributed by atoms with Gasteiger partial charge in [0.25, 0.3) is 0 Å². The van der Waals surface area contributed by atoms with Gasteiger partial charge in [-0.15, -0.1) is 0 Å². The number of esters is 1. The fourth-order valence-corrected chi connectivity index (χ4v) is 8.74. The molecule has 4 heteroatoms. The van der Waals surface area contributed by atoms with Crippen LogP contribution in [0, 0.1) is 34.5 Å². The Morgan fingerprint density at radius 1 is 1.14 bits per heavy atom. The first-order valence-corrected chi connectivity index (χ1v) is 12.1. The molecule has 3 saturated carbocycles. The second-order valence-corrected chi connectivity index (χ2v) is 11.3. The minimum absolute atomic E-state index is 0.114. The van der Waals surface area contributed by atoms with E-state index in [2.05, 4.69) is 32.1 Å². The van der Waals surface area contributed by atoms with Crippen molar-refractivity contribution in [2.75, 3.05) is 6.61 Å². The number of carbonyl (C=O) groups excluding carboxylic acids is 2. The number of hydrogen-bond donors (Lipinski definition) is 0. The van der Waals surface area contributed by atoms with Gasteiger partial charge < -0.3 is 4.74 Å². The van der Waals surface area contributed by atoms with Crippen molar-refractivity contribution in [3.8, 4) is 0 Å². The Bertz CT molecular complexity index is 755. The summed E-state index contributed by atoms with van der Waals surface area (Å²) in [6.07, 6.45) is 16.2. The number of rotatable bonds is 2. The first-order chi connectivity index (χ1) is 13.4. The fraction of sp³-hybridized carbons (Fsp3) is 0.750. The number of thioether (sulfide) groups is 1. The minimum Gasteiger partial charge on any atom is -0.465 e. The molecule has 1 aliphatic heterocycles. The van der Waals surface area contributed by atoms with E-state index >= 15 is 0 Å². The number of fused-ring (bicyclic) bond motifs is 5. The van der Waals surface area contributed by atoms with Crippen LogP contribution in [-0.2, 0) is 14.3 Å². The molecule has 4 aliphatic carbocycles. The lowest BCUT2D eigenvalue weighted by Crippen LogP contribution is -2.50. The van der Waals surface area contributed by atoms with Gasteiger partial charge in [0.15, 0.2) is 5.12 Å². The predicted octanol–water partition coefficient (Wildman–Crippen LogP) is 5.31. The molecule has 0 amide bonds. The van der Waals surface area contributed by atoms with Crippen molar-refractivity contribution in [3.05, 3.63) is 23.8 Å². The van der Waals surface area contributed by atoms with Crippen LogP contribution in [0.1, 0.15) is 65.2 Å². The zero-order valence-electron chi connectivity index (χ0n) is 17.1. The standard InChI is InChI=1S/C24H32O3S/c1-23-12-4-3-5-15(23)6-7-16-17-8-9-19(24(17,2)13-10-18(16)23)22(26)28-20-11-14-27-21(20)25/h4-5,12,16-20H,3,6-11,13-14H2,1-2H3/t16-,17-,18-,19+,20?,23-,24-/m0/s1. The van der Waals surface area contributed by atoms with Gasteiger partial charge in [-0.05, 0) is 68.1 Å². The van der Waals surface area contributed by atoms with E-state index < -0.39 is 0 Å². The average Bonchev–Trinajstić information content (AvgIpc) is 3.23. The van der Waals surface area contributed by atoms with E-state index in [-0.39, 0.29) is 33.1 Å². The summed E-state index contributed by atoms with van der Waals surface area (Å²) in [6.45, 7) is 5.33.